The number of carbonyl (C=O) groups is 1. The van der Waals surface area contributed by atoms with E-state index in [1.54, 1.807) is 12.1 Å². The van der Waals surface area contributed by atoms with Crippen molar-refractivity contribution >= 4 is 27.2 Å². The first-order valence-corrected chi connectivity index (χ1v) is 6.87. The van der Waals surface area contributed by atoms with Gasteiger partial charge in [0.15, 0.2) is 0 Å². The standard InChI is InChI=1S/C16H11FO2S/c1-19-11-6-7-12(13(17)9-11)16(18)15-8-10-4-2-3-5-14(10)20-15/h2-9H,1H3. The minimum Gasteiger partial charge on any atom is -0.497 e. The summed E-state index contributed by atoms with van der Waals surface area (Å²) in [6, 6.07) is 13.8. The molecule has 0 saturated heterocycles. The van der Waals surface area contributed by atoms with E-state index in [9.17, 15) is 9.18 Å². The van der Waals surface area contributed by atoms with Gasteiger partial charge in [-0.2, -0.15) is 0 Å². The van der Waals surface area contributed by atoms with Crippen LogP contribution in [0, 0.1) is 5.82 Å². The van der Waals surface area contributed by atoms with E-state index in [4.69, 9.17) is 4.74 Å². The van der Waals surface area contributed by atoms with Crippen LogP contribution in [0.2, 0.25) is 0 Å². The van der Waals surface area contributed by atoms with Gasteiger partial charge in [0.1, 0.15) is 11.6 Å². The second-order valence-electron chi connectivity index (χ2n) is 4.32. The molecule has 0 aliphatic heterocycles. The molecular formula is C16H11FO2S. The largest absolute Gasteiger partial charge is 0.497 e. The van der Waals surface area contributed by atoms with E-state index in [1.165, 1.54) is 30.6 Å². The van der Waals surface area contributed by atoms with E-state index in [1.807, 2.05) is 24.3 Å². The average Bonchev–Trinajstić information content (AvgIpc) is 2.90. The Morgan fingerprint density at radius 2 is 1.95 bits per heavy atom. The van der Waals surface area contributed by atoms with Crippen LogP contribution in [0.4, 0.5) is 4.39 Å². The molecule has 0 radical (unpaired) electrons. The molecule has 2 aromatic carbocycles. The molecule has 100 valence electrons. The van der Waals surface area contributed by atoms with Crippen LogP contribution in [0.25, 0.3) is 10.1 Å². The lowest BCUT2D eigenvalue weighted by Gasteiger charge is -2.03. The number of benzene rings is 2. The summed E-state index contributed by atoms with van der Waals surface area (Å²) >= 11 is 1.37. The van der Waals surface area contributed by atoms with Gasteiger partial charge in [-0.1, -0.05) is 18.2 Å². The van der Waals surface area contributed by atoms with Gasteiger partial charge in [-0.05, 0) is 29.7 Å². The monoisotopic (exact) mass is 286 g/mol. The summed E-state index contributed by atoms with van der Waals surface area (Å²) in [6.07, 6.45) is 0. The molecule has 0 amide bonds. The molecule has 0 aliphatic rings. The molecule has 4 heteroatoms. The highest BCUT2D eigenvalue weighted by atomic mass is 32.1. The van der Waals surface area contributed by atoms with E-state index in [2.05, 4.69) is 0 Å². The Balaban J connectivity index is 2.03. The molecule has 0 bridgehead atoms. The van der Waals surface area contributed by atoms with Crippen molar-refractivity contribution in [3.63, 3.8) is 0 Å². The maximum atomic E-state index is 13.9. The van der Waals surface area contributed by atoms with Crippen molar-refractivity contribution in [1.29, 1.82) is 0 Å². The summed E-state index contributed by atoms with van der Waals surface area (Å²) in [7, 11) is 1.46. The zero-order chi connectivity index (χ0) is 14.1. The normalized spacial score (nSPS) is 10.7. The van der Waals surface area contributed by atoms with Gasteiger partial charge in [0, 0.05) is 10.8 Å². The summed E-state index contributed by atoms with van der Waals surface area (Å²) in [4.78, 5) is 12.9. The predicted molar refractivity (Wildman–Crippen MR) is 78.2 cm³/mol. The molecule has 0 N–H and O–H groups in total. The quantitative estimate of drug-likeness (QED) is 0.672. The minimum atomic E-state index is -0.563. The first-order valence-electron chi connectivity index (χ1n) is 6.06. The Hall–Kier alpha value is -2.20. The van der Waals surface area contributed by atoms with Gasteiger partial charge in [-0.15, -0.1) is 11.3 Å². The zero-order valence-corrected chi connectivity index (χ0v) is 11.5. The van der Waals surface area contributed by atoms with Gasteiger partial charge < -0.3 is 4.74 Å². The number of rotatable bonds is 3. The van der Waals surface area contributed by atoms with Gasteiger partial charge in [-0.3, -0.25) is 4.79 Å². The van der Waals surface area contributed by atoms with Gasteiger partial charge in [0.05, 0.1) is 17.6 Å². The smallest absolute Gasteiger partial charge is 0.205 e. The molecule has 20 heavy (non-hydrogen) atoms. The van der Waals surface area contributed by atoms with Crippen molar-refractivity contribution in [1.82, 2.24) is 0 Å². The fourth-order valence-corrected chi connectivity index (χ4v) is 3.05. The molecule has 3 rings (SSSR count). The lowest BCUT2D eigenvalue weighted by atomic mass is 10.1. The van der Waals surface area contributed by atoms with Gasteiger partial charge in [0.2, 0.25) is 5.78 Å². The van der Waals surface area contributed by atoms with Crippen LogP contribution >= 0.6 is 11.3 Å². The van der Waals surface area contributed by atoms with E-state index < -0.39 is 5.82 Å². The number of methoxy groups -OCH3 is 1. The molecule has 0 atom stereocenters. The van der Waals surface area contributed by atoms with Gasteiger partial charge in [-0.25, -0.2) is 4.39 Å². The SMILES string of the molecule is COc1ccc(C(=O)c2cc3ccccc3s2)c(F)c1. The molecule has 1 heterocycles. The number of hydrogen-bond acceptors (Lipinski definition) is 3. The van der Waals surface area contributed by atoms with Crippen LogP contribution in [-0.2, 0) is 0 Å². The van der Waals surface area contributed by atoms with Crippen molar-refractivity contribution in [3.05, 3.63) is 64.8 Å². The molecule has 0 fully saturated rings. The number of fused-ring (bicyclic) bond motifs is 1. The predicted octanol–water partition coefficient (Wildman–Crippen LogP) is 4.28. The van der Waals surface area contributed by atoms with E-state index in [-0.39, 0.29) is 11.3 Å². The van der Waals surface area contributed by atoms with E-state index >= 15 is 0 Å². The molecule has 0 saturated carbocycles. The molecule has 3 aromatic rings. The highest BCUT2D eigenvalue weighted by molar-refractivity contribution is 7.21. The average molecular weight is 286 g/mol. The summed E-state index contributed by atoms with van der Waals surface area (Å²) < 4.78 is 19.9. The third kappa shape index (κ3) is 2.18. The first kappa shape index (κ1) is 12.8. The topological polar surface area (TPSA) is 26.3 Å². The van der Waals surface area contributed by atoms with Crippen LogP contribution in [0.1, 0.15) is 15.2 Å². The Morgan fingerprint density at radius 1 is 1.15 bits per heavy atom. The zero-order valence-electron chi connectivity index (χ0n) is 10.7. The van der Waals surface area contributed by atoms with Gasteiger partial charge in [0.25, 0.3) is 0 Å². The number of ether oxygens (including phenoxy) is 1. The van der Waals surface area contributed by atoms with Crippen LogP contribution in [0.5, 0.6) is 5.75 Å². The highest BCUT2D eigenvalue weighted by Gasteiger charge is 2.17. The fraction of sp³-hybridized carbons (Fsp3) is 0.0625. The summed E-state index contributed by atoms with van der Waals surface area (Å²) in [6.45, 7) is 0. The van der Waals surface area contributed by atoms with Crippen molar-refractivity contribution in [2.45, 2.75) is 0 Å². The highest BCUT2D eigenvalue weighted by Crippen LogP contribution is 2.28. The number of hydrogen-bond donors (Lipinski definition) is 0. The Kier molecular flexibility index (Phi) is 3.24. The number of thiophene rings is 1. The third-order valence-electron chi connectivity index (χ3n) is 3.07. The van der Waals surface area contributed by atoms with E-state index in [0.29, 0.717) is 10.6 Å². The lowest BCUT2D eigenvalue weighted by Crippen LogP contribution is -2.02. The number of carbonyl (C=O) groups excluding carboxylic acids is 1. The van der Waals surface area contributed by atoms with Gasteiger partial charge >= 0.3 is 0 Å². The first-order chi connectivity index (χ1) is 9.69. The molecule has 2 nitrogen and oxygen atoms in total. The minimum absolute atomic E-state index is 0.0670. The second kappa shape index (κ2) is 5.06. The van der Waals surface area contributed by atoms with E-state index in [0.717, 1.165) is 10.1 Å². The van der Waals surface area contributed by atoms with Crippen molar-refractivity contribution in [2.75, 3.05) is 7.11 Å². The maximum Gasteiger partial charge on any atom is 0.205 e. The maximum absolute atomic E-state index is 13.9. The third-order valence-corrected chi connectivity index (χ3v) is 4.19. The molecule has 1 aromatic heterocycles. The number of ketones is 1. The molecule has 0 aliphatic carbocycles. The summed E-state index contributed by atoms with van der Waals surface area (Å²) in [5.41, 5.74) is 0.0670. The van der Waals surface area contributed by atoms with Crippen molar-refractivity contribution in [2.24, 2.45) is 0 Å². The molecule has 0 spiro atoms. The van der Waals surface area contributed by atoms with Crippen molar-refractivity contribution in [3.8, 4) is 5.75 Å². The van der Waals surface area contributed by atoms with Crippen LogP contribution in [-0.4, -0.2) is 12.9 Å². The van der Waals surface area contributed by atoms with Crippen LogP contribution in [0.3, 0.4) is 0 Å². The second-order valence-corrected chi connectivity index (χ2v) is 5.41. The number of halogens is 1. The van der Waals surface area contributed by atoms with Crippen LogP contribution in [0.15, 0.2) is 48.5 Å². The fourth-order valence-electron chi connectivity index (χ4n) is 2.03. The molecular weight excluding hydrogens is 275 g/mol. The van der Waals surface area contributed by atoms with Crippen LogP contribution < -0.4 is 4.74 Å². The lowest BCUT2D eigenvalue weighted by molar-refractivity contribution is 0.103. The molecule has 0 unspecified atom stereocenters. The summed E-state index contributed by atoms with van der Waals surface area (Å²) in [5.74, 6) is -0.464. The summed E-state index contributed by atoms with van der Waals surface area (Å²) in [5, 5.41) is 0.995. The Morgan fingerprint density at radius 3 is 2.65 bits per heavy atom. The Bertz CT molecular complexity index is 759. The Labute approximate surface area is 119 Å². The van der Waals surface area contributed by atoms with Crippen molar-refractivity contribution < 1.29 is 13.9 Å².